The van der Waals surface area contributed by atoms with Crippen LogP contribution in [0.15, 0.2) is 42.6 Å². The SMILES string of the molecule is CC(C)CCN(CCC(C)C)C(=O)/C=C/c1cnc2ccccc2c1. The summed E-state index contributed by atoms with van der Waals surface area (Å²) in [6.07, 6.45) is 7.45. The molecule has 134 valence electrons. The molecule has 0 aliphatic rings. The van der Waals surface area contributed by atoms with Crippen LogP contribution < -0.4 is 0 Å². The number of rotatable bonds is 8. The van der Waals surface area contributed by atoms with Crippen molar-refractivity contribution in [3.05, 3.63) is 48.2 Å². The van der Waals surface area contributed by atoms with E-state index in [4.69, 9.17) is 0 Å². The zero-order valence-corrected chi connectivity index (χ0v) is 15.9. The Labute approximate surface area is 151 Å². The number of benzene rings is 1. The fourth-order valence-corrected chi connectivity index (χ4v) is 2.61. The van der Waals surface area contributed by atoms with Gasteiger partial charge in [-0.05, 0) is 48.4 Å². The third-order valence-electron chi connectivity index (χ3n) is 4.29. The predicted octanol–water partition coefficient (Wildman–Crippen LogP) is 5.17. The van der Waals surface area contributed by atoms with Crippen molar-refractivity contribution in [2.75, 3.05) is 13.1 Å². The molecule has 3 heteroatoms. The van der Waals surface area contributed by atoms with Crippen LogP contribution >= 0.6 is 0 Å². The van der Waals surface area contributed by atoms with Crippen molar-refractivity contribution in [2.45, 2.75) is 40.5 Å². The molecule has 0 aliphatic heterocycles. The lowest BCUT2D eigenvalue weighted by atomic mass is 10.1. The molecule has 0 spiro atoms. The summed E-state index contributed by atoms with van der Waals surface area (Å²) in [6, 6.07) is 10.1. The van der Waals surface area contributed by atoms with Gasteiger partial charge in [0.1, 0.15) is 0 Å². The Kier molecular flexibility index (Phi) is 7.17. The zero-order valence-electron chi connectivity index (χ0n) is 15.9. The number of fused-ring (bicyclic) bond motifs is 1. The first kappa shape index (κ1) is 19.2. The van der Waals surface area contributed by atoms with Gasteiger partial charge in [-0.15, -0.1) is 0 Å². The van der Waals surface area contributed by atoms with E-state index in [-0.39, 0.29) is 5.91 Å². The van der Waals surface area contributed by atoms with Crippen LogP contribution in [0.3, 0.4) is 0 Å². The highest BCUT2D eigenvalue weighted by molar-refractivity contribution is 5.92. The van der Waals surface area contributed by atoms with Crippen LogP contribution in [0.1, 0.15) is 46.1 Å². The van der Waals surface area contributed by atoms with Gasteiger partial charge in [-0.3, -0.25) is 9.78 Å². The van der Waals surface area contributed by atoms with Crippen molar-refractivity contribution in [1.82, 2.24) is 9.88 Å². The van der Waals surface area contributed by atoms with Crippen LogP contribution in [-0.4, -0.2) is 28.9 Å². The maximum atomic E-state index is 12.6. The first-order chi connectivity index (χ1) is 12.0. The molecule has 0 saturated heterocycles. The molecule has 2 rings (SSSR count). The number of aromatic nitrogens is 1. The molecular weight excluding hydrogens is 308 g/mol. The van der Waals surface area contributed by atoms with Crippen LogP contribution in [0.4, 0.5) is 0 Å². The van der Waals surface area contributed by atoms with E-state index < -0.39 is 0 Å². The van der Waals surface area contributed by atoms with Gasteiger partial charge in [0.2, 0.25) is 5.91 Å². The summed E-state index contributed by atoms with van der Waals surface area (Å²) in [5.41, 5.74) is 1.93. The minimum Gasteiger partial charge on any atom is -0.339 e. The maximum Gasteiger partial charge on any atom is 0.246 e. The van der Waals surface area contributed by atoms with Crippen LogP contribution in [0.25, 0.3) is 17.0 Å². The second-order valence-electron chi connectivity index (χ2n) is 7.49. The molecule has 0 N–H and O–H groups in total. The average molecular weight is 338 g/mol. The third-order valence-corrected chi connectivity index (χ3v) is 4.29. The summed E-state index contributed by atoms with van der Waals surface area (Å²) in [5, 5.41) is 1.09. The Morgan fingerprint density at radius 3 is 2.36 bits per heavy atom. The summed E-state index contributed by atoms with van der Waals surface area (Å²) < 4.78 is 0. The van der Waals surface area contributed by atoms with Crippen molar-refractivity contribution >= 4 is 22.9 Å². The fourth-order valence-electron chi connectivity index (χ4n) is 2.61. The standard InChI is InChI=1S/C22H30N2O/c1-17(2)11-13-24(14-12-18(3)4)22(25)10-9-19-15-20-7-5-6-8-21(20)23-16-19/h5-10,15-18H,11-14H2,1-4H3/b10-9+. The largest absolute Gasteiger partial charge is 0.339 e. The highest BCUT2D eigenvalue weighted by atomic mass is 16.2. The molecule has 1 amide bonds. The molecule has 3 nitrogen and oxygen atoms in total. The normalized spacial score (nSPS) is 11.8. The number of hydrogen-bond donors (Lipinski definition) is 0. The van der Waals surface area contributed by atoms with Crippen molar-refractivity contribution < 1.29 is 4.79 Å². The van der Waals surface area contributed by atoms with Gasteiger partial charge >= 0.3 is 0 Å². The minimum atomic E-state index is 0.0921. The minimum absolute atomic E-state index is 0.0921. The van der Waals surface area contributed by atoms with E-state index in [1.165, 1.54) is 0 Å². The first-order valence-corrected chi connectivity index (χ1v) is 9.27. The number of pyridine rings is 1. The summed E-state index contributed by atoms with van der Waals surface area (Å²) in [4.78, 5) is 19.0. The van der Waals surface area contributed by atoms with Gasteiger partial charge in [0.05, 0.1) is 5.52 Å². The average Bonchev–Trinajstić information content (AvgIpc) is 2.59. The first-order valence-electron chi connectivity index (χ1n) is 9.27. The van der Waals surface area contributed by atoms with Gasteiger partial charge in [-0.25, -0.2) is 0 Å². The molecule has 0 saturated carbocycles. The summed E-state index contributed by atoms with van der Waals surface area (Å²) in [6.45, 7) is 10.4. The van der Waals surface area contributed by atoms with E-state index in [0.717, 1.165) is 42.4 Å². The Hall–Kier alpha value is -2.16. The lowest BCUT2D eigenvalue weighted by Crippen LogP contribution is -2.32. The predicted molar refractivity (Wildman–Crippen MR) is 106 cm³/mol. The maximum absolute atomic E-state index is 12.6. The molecule has 0 aliphatic carbocycles. The molecule has 1 aromatic heterocycles. The summed E-state index contributed by atoms with van der Waals surface area (Å²) in [7, 11) is 0. The van der Waals surface area contributed by atoms with Crippen molar-refractivity contribution in [3.8, 4) is 0 Å². The number of hydrogen-bond acceptors (Lipinski definition) is 2. The molecule has 0 radical (unpaired) electrons. The summed E-state index contributed by atoms with van der Waals surface area (Å²) in [5.74, 6) is 1.29. The quantitative estimate of drug-likeness (QED) is 0.622. The van der Waals surface area contributed by atoms with Crippen LogP contribution in [0.5, 0.6) is 0 Å². The fraction of sp³-hybridized carbons (Fsp3) is 0.455. The van der Waals surface area contributed by atoms with E-state index in [1.54, 1.807) is 6.08 Å². The van der Waals surface area contributed by atoms with Gasteiger partial charge < -0.3 is 4.90 Å². The van der Waals surface area contributed by atoms with Crippen LogP contribution in [-0.2, 0) is 4.79 Å². The number of carbonyl (C=O) groups is 1. The molecule has 0 bridgehead atoms. The Morgan fingerprint density at radius 1 is 1.08 bits per heavy atom. The second-order valence-corrected chi connectivity index (χ2v) is 7.49. The number of nitrogens with zero attached hydrogens (tertiary/aromatic N) is 2. The summed E-state index contributed by atoms with van der Waals surface area (Å²) >= 11 is 0. The van der Waals surface area contributed by atoms with Gasteiger partial charge in [0.25, 0.3) is 0 Å². The molecule has 0 atom stereocenters. The van der Waals surface area contributed by atoms with E-state index in [2.05, 4.69) is 38.7 Å². The van der Waals surface area contributed by atoms with E-state index in [0.29, 0.717) is 11.8 Å². The smallest absolute Gasteiger partial charge is 0.246 e. The lowest BCUT2D eigenvalue weighted by molar-refractivity contribution is -0.126. The highest BCUT2D eigenvalue weighted by Gasteiger charge is 2.12. The Balaban J connectivity index is 2.06. The monoisotopic (exact) mass is 338 g/mol. The van der Waals surface area contributed by atoms with Crippen molar-refractivity contribution in [2.24, 2.45) is 11.8 Å². The lowest BCUT2D eigenvalue weighted by Gasteiger charge is -2.23. The highest BCUT2D eigenvalue weighted by Crippen LogP contribution is 2.14. The van der Waals surface area contributed by atoms with Crippen molar-refractivity contribution in [3.63, 3.8) is 0 Å². The van der Waals surface area contributed by atoms with Crippen molar-refractivity contribution in [1.29, 1.82) is 0 Å². The van der Waals surface area contributed by atoms with Gasteiger partial charge in [-0.1, -0.05) is 45.9 Å². The van der Waals surface area contributed by atoms with Crippen LogP contribution in [0, 0.1) is 11.8 Å². The van der Waals surface area contributed by atoms with Gasteiger partial charge in [-0.2, -0.15) is 0 Å². The molecule has 1 aromatic carbocycles. The van der Waals surface area contributed by atoms with Crippen LogP contribution in [0.2, 0.25) is 0 Å². The zero-order chi connectivity index (χ0) is 18.2. The molecule has 25 heavy (non-hydrogen) atoms. The van der Waals surface area contributed by atoms with Gasteiger partial charge in [0.15, 0.2) is 0 Å². The number of carbonyl (C=O) groups excluding carboxylic acids is 1. The topological polar surface area (TPSA) is 33.2 Å². The molecule has 0 fully saturated rings. The van der Waals surface area contributed by atoms with Gasteiger partial charge in [0, 0.05) is 30.7 Å². The molecule has 0 unspecified atom stereocenters. The number of amides is 1. The van der Waals surface area contributed by atoms with E-state index >= 15 is 0 Å². The van der Waals surface area contributed by atoms with E-state index in [9.17, 15) is 4.79 Å². The molecular formula is C22H30N2O. The van der Waals surface area contributed by atoms with E-state index in [1.807, 2.05) is 41.4 Å². The Morgan fingerprint density at radius 2 is 1.72 bits per heavy atom. The molecule has 1 heterocycles. The third kappa shape index (κ3) is 6.33. The Bertz CT molecular complexity index is 707. The second kappa shape index (κ2) is 9.36. The molecule has 2 aromatic rings. The number of para-hydroxylation sites is 1.